The molecular formula is C46H54N2O10. The third-order valence-electron chi connectivity index (χ3n) is 9.81. The summed E-state index contributed by atoms with van der Waals surface area (Å²) in [6.45, 7) is 22.3. The molecule has 12 nitrogen and oxygen atoms in total. The van der Waals surface area contributed by atoms with E-state index in [1.807, 2.05) is 83.1 Å². The molecule has 0 spiro atoms. The van der Waals surface area contributed by atoms with Gasteiger partial charge in [-0.3, -0.25) is 29.0 Å². The Morgan fingerprint density at radius 3 is 0.810 bits per heavy atom. The van der Waals surface area contributed by atoms with Crippen LogP contribution in [0.25, 0.3) is 43.1 Å². The average molecular weight is 795 g/mol. The standard InChI is InChI=1S/C46H54N2O10/c1-43(2,3)55-27-19-23-31-24(40(52)47(39(23)51)15-13-17-49)21-29(57-45(7,8)9)35-36-30(58-46(10,11)12)22-26-32-25(41(53)48(42(26)54)16-14-18-50)20-28(56-44(4,5)6)34(38(32)36)33(27)37(31)35/h19-22,49-50H,13-18H2,1-12H3. The highest BCUT2D eigenvalue weighted by atomic mass is 16.5. The number of ether oxygens (including phenoxy) is 4. The molecule has 2 heterocycles. The Morgan fingerprint density at radius 1 is 0.397 bits per heavy atom. The minimum absolute atomic E-state index is 0.00173. The van der Waals surface area contributed by atoms with Crippen molar-refractivity contribution in [2.45, 2.75) is 118 Å². The van der Waals surface area contributed by atoms with Gasteiger partial charge in [-0.1, -0.05) is 0 Å². The fourth-order valence-corrected chi connectivity index (χ4v) is 8.11. The molecule has 308 valence electrons. The third-order valence-corrected chi connectivity index (χ3v) is 9.81. The molecule has 2 N–H and O–H groups in total. The minimum Gasteiger partial charge on any atom is -0.487 e. The van der Waals surface area contributed by atoms with E-state index in [0.717, 1.165) is 9.80 Å². The second kappa shape index (κ2) is 13.7. The maximum absolute atomic E-state index is 14.5. The Labute approximate surface area is 338 Å². The van der Waals surface area contributed by atoms with Gasteiger partial charge in [0.1, 0.15) is 45.4 Å². The molecule has 0 bridgehead atoms. The number of imide groups is 2. The molecule has 2 aliphatic rings. The van der Waals surface area contributed by atoms with Crippen LogP contribution in [-0.2, 0) is 0 Å². The quantitative estimate of drug-likeness (QED) is 0.0801. The van der Waals surface area contributed by atoms with Crippen LogP contribution in [-0.4, -0.2) is 92.3 Å². The van der Waals surface area contributed by atoms with Gasteiger partial charge in [0, 0.05) is 69.4 Å². The van der Waals surface area contributed by atoms with Crippen molar-refractivity contribution in [3.05, 3.63) is 46.5 Å². The van der Waals surface area contributed by atoms with Crippen molar-refractivity contribution >= 4 is 66.7 Å². The van der Waals surface area contributed by atoms with Crippen LogP contribution in [0.5, 0.6) is 23.0 Å². The number of aliphatic hydroxyl groups excluding tert-OH is 2. The van der Waals surface area contributed by atoms with Gasteiger partial charge in [-0.05, 0) is 120 Å². The molecule has 0 saturated heterocycles. The summed E-state index contributed by atoms with van der Waals surface area (Å²) >= 11 is 0. The molecule has 0 unspecified atom stereocenters. The Morgan fingerprint density at radius 2 is 0.621 bits per heavy atom. The first-order valence-electron chi connectivity index (χ1n) is 19.9. The van der Waals surface area contributed by atoms with Gasteiger partial charge in [-0.25, -0.2) is 0 Å². The summed E-state index contributed by atoms with van der Waals surface area (Å²) in [6.07, 6.45) is 0.386. The molecule has 0 radical (unpaired) electrons. The summed E-state index contributed by atoms with van der Waals surface area (Å²) in [5.41, 5.74) is -2.20. The molecule has 0 atom stereocenters. The van der Waals surface area contributed by atoms with Crippen molar-refractivity contribution < 1.29 is 48.3 Å². The lowest BCUT2D eigenvalue weighted by Crippen LogP contribution is -2.41. The zero-order valence-corrected chi connectivity index (χ0v) is 35.6. The summed E-state index contributed by atoms with van der Waals surface area (Å²) in [7, 11) is 0. The van der Waals surface area contributed by atoms with Crippen molar-refractivity contribution in [3.8, 4) is 23.0 Å². The highest BCUT2D eigenvalue weighted by Gasteiger charge is 2.42. The molecule has 12 heteroatoms. The first kappa shape index (κ1) is 41.0. The molecular weight excluding hydrogens is 741 g/mol. The van der Waals surface area contributed by atoms with E-state index in [1.54, 1.807) is 24.3 Å². The Balaban J connectivity index is 1.85. The van der Waals surface area contributed by atoms with Crippen molar-refractivity contribution in [1.82, 2.24) is 9.80 Å². The molecule has 5 aromatic rings. The van der Waals surface area contributed by atoms with Crippen LogP contribution in [0.15, 0.2) is 24.3 Å². The maximum Gasteiger partial charge on any atom is 0.261 e. The number of carbonyl (C=O) groups excluding carboxylic acids is 4. The largest absolute Gasteiger partial charge is 0.487 e. The summed E-state index contributed by atoms with van der Waals surface area (Å²) in [5.74, 6) is -0.831. The summed E-state index contributed by atoms with van der Waals surface area (Å²) in [5, 5.41) is 23.3. The summed E-state index contributed by atoms with van der Waals surface area (Å²) in [6, 6.07) is 6.67. The molecule has 4 amide bonds. The second-order valence-corrected chi connectivity index (χ2v) is 19.2. The zero-order chi connectivity index (χ0) is 42.6. The molecule has 0 aliphatic carbocycles. The fraction of sp³-hybridized carbons (Fsp3) is 0.478. The Bertz CT molecular complexity index is 2220. The van der Waals surface area contributed by atoms with Crippen LogP contribution in [0.4, 0.5) is 0 Å². The van der Waals surface area contributed by atoms with Gasteiger partial charge in [0.05, 0.1) is 22.3 Å². The zero-order valence-electron chi connectivity index (χ0n) is 35.6. The lowest BCUT2D eigenvalue weighted by Gasteiger charge is -2.35. The normalized spacial score (nSPS) is 15.2. The number of nitrogens with zero attached hydrogens (tertiary/aromatic N) is 2. The van der Waals surface area contributed by atoms with Gasteiger partial charge in [0.15, 0.2) is 0 Å². The lowest BCUT2D eigenvalue weighted by atomic mass is 9.80. The second-order valence-electron chi connectivity index (χ2n) is 19.2. The predicted molar refractivity (Wildman–Crippen MR) is 223 cm³/mol. The fourth-order valence-electron chi connectivity index (χ4n) is 8.11. The molecule has 2 aliphatic heterocycles. The van der Waals surface area contributed by atoms with Crippen LogP contribution in [0, 0.1) is 0 Å². The first-order valence-corrected chi connectivity index (χ1v) is 19.9. The van der Waals surface area contributed by atoms with Gasteiger partial charge in [0.2, 0.25) is 0 Å². The number of benzene rings is 5. The van der Waals surface area contributed by atoms with E-state index in [1.165, 1.54) is 0 Å². The SMILES string of the molecule is CC(C)(C)Oc1cc2c3c(cc(OC(C)(C)C)c4c5c(OC(C)(C)C)cc6c7c(cc(OC(C)(C)C)c(c1c34)c75)C(=O)N(CCCO)C6=O)C(=O)N(CCCO)C2=O. The Kier molecular flexibility index (Phi) is 9.68. The van der Waals surface area contributed by atoms with Crippen LogP contribution in [0.2, 0.25) is 0 Å². The van der Waals surface area contributed by atoms with E-state index in [4.69, 9.17) is 18.9 Å². The highest BCUT2D eigenvalue weighted by molar-refractivity contribution is 6.44. The van der Waals surface area contributed by atoms with Crippen molar-refractivity contribution in [2.24, 2.45) is 0 Å². The predicted octanol–water partition coefficient (Wildman–Crippen LogP) is 8.40. The summed E-state index contributed by atoms with van der Waals surface area (Å²) < 4.78 is 27.3. The van der Waals surface area contributed by atoms with E-state index in [2.05, 4.69) is 0 Å². The average Bonchev–Trinajstić information content (AvgIpc) is 3.07. The number of hydrogen-bond donors (Lipinski definition) is 2. The van der Waals surface area contributed by atoms with Crippen molar-refractivity contribution in [1.29, 1.82) is 0 Å². The number of carbonyl (C=O) groups is 4. The van der Waals surface area contributed by atoms with Gasteiger partial charge in [0.25, 0.3) is 23.6 Å². The van der Waals surface area contributed by atoms with E-state index in [0.29, 0.717) is 66.1 Å². The smallest absolute Gasteiger partial charge is 0.261 e. The monoisotopic (exact) mass is 794 g/mol. The molecule has 58 heavy (non-hydrogen) atoms. The molecule has 0 fully saturated rings. The minimum atomic E-state index is -0.791. The molecule has 7 rings (SSSR count). The number of amides is 4. The first-order chi connectivity index (χ1) is 26.9. The Hall–Kier alpha value is -5.20. The van der Waals surface area contributed by atoms with E-state index in [-0.39, 0.29) is 61.4 Å². The topological polar surface area (TPSA) is 152 Å². The van der Waals surface area contributed by atoms with Gasteiger partial charge < -0.3 is 29.2 Å². The van der Waals surface area contributed by atoms with Crippen LogP contribution in [0.3, 0.4) is 0 Å². The van der Waals surface area contributed by atoms with E-state index in [9.17, 15) is 29.4 Å². The number of hydrogen-bond acceptors (Lipinski definition) is 10. The van der Waals surface area contributed by atoms with Crippen LogP contribution in [0.1, 0.15) is 137 Å². The van der Waals surface area contributed by atoms with Gasteiger partial charge in [-0.15, -0.1) is 0 Å². The van der Waals surface area contributed by atoms with Crippen molar-refractivity contribution in [2.75, 3.05) is 26.3 Å². The van der Waals surface area contributed by atoms with E-state index < -0.39 is 46.0 Å². The number of fused-ring (bicyclic) bond motifs is 2. The van der Waals surface area contributed by atoms with Gasteiger partial charge in [-0.2, -0.15) is 0 Å². The van der Waals surface area contributed by atoms with Crippen LogP contribution >= 0.6 is 0 Å². The summed E-state index contributed by atoms with van der Waals surface area (Å²) in [4.78, 5) is 60.4. The highest BCUT2D eigenvalue weighted by Crippen LogP contribution is 2.57. The lowest BCUT2D eigenvalue weighted by molar-refractivity contribution is 0.0584. The van der Waals surface area contributed by atoms with Crippen molar-refractivity contribution in [3.63, 3.8) is 0 Å². The molecule has 5 aromatic carbocycles. The maximum atomic E-state index is 14.5. The third kappa shape index (κ3) is 6.93. The number of aliphatic hydroxyl groups is 2. The number of rotatable bonds is 10. The van der Waals surface area contributed by atoms with Gasteiger partial charge >= 0.3 is 0 Å². The molecule has 0 saturated carbocycles. The van der Waals surface area contributed by atoms with E-state index >= 15 is 0 Å². The van der Waals surface area contributed by atoms with Crippen LogP contribution < -0.4 is 18.9 Å². The molecule has 0 aromatic heterocycles.